The quantitative estimate of drug-likeness (QED) is 0.505. The number of amides is 4. The molecule has 11 heteroatoms. The molecule has 1 aliphatic heterocycles. The summed E-state index contributed by atoms with van der Waals surface area (Å²) in [6, 6.07) is 2.11. The van der Waals surface area contributed by atoms with E-state index in [2.05, 4.69) is 26.5 Å². The van der Waals surface area contributed by atoms with Crippen molar-refractivity contribution < 1.29 is 23.8 Å². The third-order valence-electron chi connectivity index (χ3n) is 3.28. The van der Waals surface area contributed by atoms with Crippen LogP contribution < -0.4 is 30.5 Å². The van der Waals surface area contributed by atoms with Crippen LogP contribution >= 0.6 is 0 Å². The molecule has 0 saturated carbocycles. The number of hydrogen-bond donors (Lipinski definition) is 3. The van der Waals surface area contributed by atoms with Crippen LogP contribution in [0.3, 0.4) is 0 Å². The summed E-state index contributed by atoms with van der Waals surface area (Å²) in [7, 11) is 4.50. The number of carbonyl (C=O) groups is 2. The summed E-state index contributed by atoms with van der Waals surface area (Å²) >= 11 is 0. The summed E-state index contributed by atoms with van der Waals surface area (Å²) in [6.07, 6.45) is 1.40. The molecule has 0 aromatic heterocycles. The number of hydrogen-bond acceptors (Lipinski definition) is 7. The van der Waals surface area contributed by atoms with Gasteiger partial charge in [-0.3, -0.25) is 0 Å². The number of rotatable bonds is 6. The van der Waals surface area contributed by atoms with Crippen molar-refractivity contribution in [2.45, 2.75) is 6.92 Å². The summed E-state index contributed by atoms with van der Waals surface area (Å²) in [6.45, 7) is 1.89. The predicted octanol–water partition coefficient (Wildman–Crippen LogP) is 0.662. The zero-order valence-electron chi connectivity index (χ0n) is 14.8. The Morgan fingerprint density at radius 3 is 2.50 bits per heavy atom. The van der Waals surface area contributed by atoms with Gasteiger partial charge in [0, 0.05) is 5.56 Å². The van der Waals surface area contributed by atoms with Gasteiger partial charge in [-0.25, -0.2) is 30.9 Å². The first-order chi connectivity index (χ1) is 12.5. The molecule has 0 unspecified atom stereocenters. The van der Waals surface area contributed by atoms with E-state index in [4.69, 9.17) is 14.2 Å². The minimum atomic E-state index is -0.682. The molecule has 0 spiro atoms. The molecule has 1 heterocycles. The van der Waals surface area contributed by atoms with E-state index >= 15 is 0 Å². The van der Waals surface area contributed by atoms with E-state index < -0.39 is 12.1 Å². The third kappa shape index (κ3) is 4.53. The van der Waals surface area contributed by atoms with Gasteiger partial charge >= 0.3 is 12.1 Å². The van der Waals surface area contributed by atoms with E-state index in [9.17, 15) is 9.59 Å². The first-order valence-corrected chi connectivity index (χ1v) is 7.48. The number of carbonyl (C=O) groups excluding carboxylic acids is 2. The molecule has 2 rings (SSSR count). The highest BCUT2D eigenvalue weighted by Gasteiger charge is 2.20. The van der Waals surface area contributed by atoms with Crippen LogP contribution in [-0.2, 0) is 0 Å². The Morgan fingerprint density at radius 2 is 1.92 bits per heavy atom. The van der Waals surface area contributed by atoms with Crippen LogP contribution in [0.25, 0.3) is 0 Å². The number of nitrogens with one attached hydrogen (secondary N) is 3. The summed E-state index contributed by atoms with van der Waals surface area (Å²) in [4.78, 5) is 23.4. The molecule has 4 amide bonds. The van der Waals surface area contributed by atoms with Crippen LogP contribution in [-0.4, -0.2) is 56.9 Å². The molecule has 0 radical (unpaired) electrons. The molecular weight excluding hydrogens is 344 g/mol. The third-order valence-corrected chi connectivity index (χ3v) is 3.28. The van der Waals surface area contributed by atoms with Crippen molar-refractivity contribution in [2.24, 2.45) is 10.2 Å². The molecule has 3 N–H and O–H groups in total. The fraction of sp³-hybridized carbons (Fsp3) is 0.333. The SMILES string of the molecule is COc1cc(/C=N/NC(=O)NN2CC(C)=NNC2=O)cc(OC)c1OC. The van der Waals surface area contributed by atoms with Crippen molar-refractivity contribution in [1.82, 2.24) is 21.3 Å². The molecule has 140 valence electrons. The zero-order chi connectivity index (χ0) is 19.1. The molecular formula is C15H20N6O5. The minimum Gasteiger partial charge on any atom is -0.493 e. The van der Waals surface area contributed by atoms with E-state index in [1.165, 1.54) is 27.5 Å². The maximum absolute atomic E-state index is 11.8. The molecule has 1 aromatic carbocycles. The fourth-order valence-corrected chi connectivity index (χ4v) is 2.12. The lowest BCUT2D eigenvalue weighted by Gasteiger charge is -2.25. The number of urea groups is 2. The minimum absolute atomic E-state index is 0.176. The van der Waals surface area contributed by atoms with E-state index in [1.54, 1.807) is 19.1 Å². The predicted molar refractivity (Wildman–Crippen MR) is 93.7 cm³/mol. The lowest BCUT2D eigenvalue weighted by molar-refractivity contribution is 0.173. The van der Waals surface area contributed by atoms with Gasteiger partial charge in [0.25, 0.3) is 0 Å². The number of hydrazone groups is 2. The highest BCUT2D eigenvalue weighted by Crippen LogP contribution is 2.37. The highest BCUT2D eigenvalue weighted by atomic mass is 16.5. The smallest absolute Gasteiger partial charge is 0.356 e. The van der Waals surface area contributed by atoms with Crippen molar-refractivity contribution >= 4 is 24.0 Å². The number of benzene rings is 1. The van der Waals surface area contributed by atoms with Gasteiger partial charge in [-0.15, -0.1) is 0 Å². The summed E-state index contributed by atoms with van der Waals surface area (Å²) in [5, 5.41) is 8.66. The molecule has 1 aromatic rings. The molecule has 11 nitrogen and oxygen atoms in total. The Balaban J connectivity index is 2.00. The fourth-order valence-electron chi connectivity index (χ4n) is 2.12. The van der Waals surface area contributed by atoms with E-state index in [0.29, 0.717) is 28.5 Å². The van der Waals surface area contributed by atoms with Crippen LogP contribution in [0, 0.1) is 0 Å². The van der Waals surface area contributed by atoms with Crippen molar-refractivity contribution in [1.29, 1.82) is 0 Å². The molecule has 0 aliphatic carbocycles. The van der Waals surface area contributed by atoms with Crippen LogP contribution in [0.2, 0.25) is 0 Å². The Kier molecular flexibility index (Phi) is 6.20. The standard InChI is InChI=1S/C15H20N6O5/c1-9-8-21(15(23)19-17-9)20-14(22)18-16-7-10-5-11(24-2)13(26-4)12(6-10)25-3/h5-7H,8H2,1-4H3,(H,19,23)(H2,18,20,22)/b16-7+. The maximum atomic E-state index is 11.8. The van der Waals surface area contributed by atoms with Gasteiger partial charge in [0.05, 0.1) is 39.8 Å². The van der Waals surface area contributed by atoms with Crippen molar-refractivity contribution in [3.05, 3.63) is 17.7 Å². The molecule has 1 aliphatic rings. The number of ether oxygens (including phenoxy) is 3. The monoisotopic (exact) mass is 364 g/mol. The Labute approximate surface area is 149 Å². The summed E-state index contributed by atoms with van der Waals surface area (Å²) in [5.41, 5.74) is 8.13. The zero-order valence-corrected chi connectivity index (χ0v) is 14.8. The van der Waals surface area contributed by atoms with Crippen LogP contribution in [0.5, 0.6) is 17.2 Å². The average Bonchev–Trinajstić information content (AvgIpc) is 2.63. The first-order valence-electron chi connectivity index (χ1n) is 7.48. The normalized spacial score (nSPS) is 13.8. The van der Waals surface area contributed by atoms with Gasteiger partial charge in [-0.05, 0) is 19.1 Å². The second kappa shape index (κ2) is 8.55. The molecule has 0 atom stereocenters. The lowest BCUT2D eigenvalue weighted by Crippen LogP contribution is -2.55. The van der Waals surface area contributed by atoms with Crippen LogP contribution in [0.1, 0.15) is 12.5 Å². The topological polar surface area (TPSA) is 126 Å². The van der Waals surface area contributed by atoms with Gasteiger partial charge in [0.15, 0.2) is 11.5 Å². The average molecular weight is 364 g/mol. The second-order valence-corrected chi connectivity index (χ2v) is 5.12. The van der Waals surface area contributed by atoms with Gasteiger partial charge in [-0.1, -0.05) is 0 Å². The molecule has 0 fully saturated rings. The first kappa shape index (κ1) is 18.8. The maximum Gasteiger partial charge on any atom is 0.356 e. The number of hydrazine groups is 1. The van der Waals surface area contributed by atoms with Gasteiger partial charge in [0.2, 0.25) is 5.75 Å². The highest BCUT2D eigenvalue weighted by molar-refractivity contribution is 5.92. The summed E-state index contributed by atoms with van der Waals surface area (Å²) < 4.78 is 15.7. The Bertz CT molecular complexity index is 723. The Morgan fingerprint density at radius 1 is 1.27 bits per heavy atom. The lowest BCUT2D eigenvalue weighted by atomic mass is 10.2. The van der Waals surface area contributed by atoms with E-state index in [1.807, 2.05) is 0 Å². The molecule has 26 heavy (non-hydrogen) atoms. The van der Waals surface area contributed by atoms with Gasteiger partial charge in [-0.2, -0.15) is 10.2 Å². The van der Waals surface area contributed by atoms with Crippen molar-refractivity contribution in [3.8, 4) is 17.2 Å². The number of nitrogens with zero attached hydrogens (tertiary/aromatic N) is 3. The van der Waals surface area contributed by atoms with Crippen molar-refractivity contribution in [3.63, 3.8) is 0 Å². The van der Waals surface area contributed by atoms with Crippen LogP contribution in [0.15, 0.2) is 22.3 Å². The number of methoxy groups -OCH3 is 3. The summed E-state index contributed by atoms with van der Waals surface area (Å²) in [5.74, 6) is 1.36. The van der Waals surface area contributed by atoms with E-state index in [-0.39, 0.29) is 6.54 Å². The van der Waals surface area contributed by atoms with Gasteiger partial charge in [0.1, 0.15) is 0 Å². The van der Waals surface area contributed by atoms with Gasteiger partial charge < -0.3 is 14.2 Å². The van der Waals surface area contributed by atoms with E-state index in [0.717, 1.165) is 5.01 Å². The van der Waals surface area contributed by atoms with Crippen molar-refractivity contribution in [2.75, 3.05) is 27.9 Å². The molecule has 0 bridgehead atoms. The van der Waals surface area contributed by atoms with Crippen LogP contribution in [0.4, 0.5) is 9.59 Å². The Hall–Kier alpha value is -3.50. The second-order valence-electron chi connectivity index (χ2n) is 5.12. The molecule has 0 saturated heterocycles. The largest absolute Gasteiger partial charge is 0.493 e.